The zero-order chi connectivity index (χ0) is 19.2. The predicted octanol–water partition coefficient (Wildman–Crippen LogP) is 3.71. The summed E-state index contributed by atoms with van der Waals surface area (Å²) in [4.78, 5) is 29.7. The molecule has 0 saturated carbocycles. The molecule has 0 radical (unpaired) electrons. The van der Waals surface area contributed by atoms with Crippen LogP contribution in [-0.2, 0) is 17.8 Å². The Hall–Kier alpha value is -2.12. The lowest BCUT2D eigenvalue weighted by Gasteiger charge is -2.13. The molecule has 7 heteroatoms. The molecule has 0 aliphatic carbocycles. The summed E-state index contributed by atoms with van der Waals surface area (Å²) in [5, 5.41) is 5.43. The maximum Gasteiger partial charge on any atom is 0.272 e. The van der Waals surface area contributed by atoms with Crippen molar-refractivity contribution in [2.45, 2.75) is 44.4 Å². The SMILES string of the molecule is CC[C@@H](C)NC(=O)CSc1nc2ccsc2c(=O)n1CCc1ccccc1. The Kier molecular flexibility index (Phi) is 6.68. The van der Waals surface area contributed by atoms with Crippen molar-refractivity contribution >= 4 is 39.2 Å². The van der Waals surface area contributed by atoms with E-state index in [-0.39, 0.29) is 23.3 Å². The standard InChI is InChI=1S/C20H23N3O2S2/c1-3-14(2)21-17(24)13-27-20-22-16-10-12-26-18(16)19(25)23(20)11-9-15-7-5-4-6-8-15/h4-8,10,12,14H,3,9,11,13H2,1-2H3,(H,21,24)/t14-/m1/s1. The Labute approximate surface area is 166 Å². The first-order valence-corrected chi connectivity index (χ1v) is 10.9. The lowest BCUT2D eigenvalue weighted by atomic mass is 10.1. The van der Waals surface area contributed by atoms with Crippen molar-refractivity contribution in [2.24, 2.45) is 0 Å². The van der Waals surface area contributed by atoms with Crippen LogP contribution in [0.3, 0.4) is 0 Å². The number of hydrogen-bond donors (Lipinski definition) is 1. The van der Waals surface area contributed by atoms with Crippen LogP contribution in [0.2, 0.25) is 0 Å². The van der Waals surface area contributed by atoms with E-state index in [2.05, 4.69) is 22.4 Å². The molecule has 1 aromatic carbocycles. The highest BCUT2D eigenvalue weighted by atomic mass is 32.2. The Bertz CT molecular complexity index is 966. The van der Waals surface area contributed by atoms with E-state index in [0.717, 1.165) is 12.8 Å². The number of hydrogen-bond acceptors (Lipinski definition) is 5. The molecule has 0 aliphatic rings. The molecule has 5 nitrogen and oxygen atoms in total. The summed E-state index contributed by atoms with van der Waals surface area (Å²) >= 11 is 2.73. The quantitative estimate of drug-likeness (QED) is 0.462. The third-order valence-corrected chi connectivity index (χ3v) is 6.22. The number of thioether (sulfide) groups is 1. The van der Waals surface area contributed by atoms with Gasteiger partial charge < -0.3 is 5.32 Å². The van der Waals surface area contributed by atoms with Gasteiger partial charge >= 0.3 is 0 Å². The molecule has 1 N–H and O–H groups in total. The fraction of sp³-hybridized carbons (Fsp3) is 0.350. The third-order valence-electron chi connectivity index (χ3n) is 4.35. The van der Waals surface area contributed by atoms with Crippen molar-refractivity contribution in [3.05, 3.63) is 57.7 Å². The summed E-state index contributed by atoms with van der Waals surface area (Å²) < 4.78 is 2.36. The predicted molar refractivity (Wildman–Crippen MR) is 113 cm³/mol. The Balaban J connectivity index is 1.81. The first-order chi connectivity index (χ1) is 13.1. The van der Waals surface area contributed by atoms with Crippen LogP contribution < -0.4 is 10.9 Å². The molecule has 27 heavy (non-hydrogen) atoms. The first kappa shape index (κ1) is 19.6. The summed E-state index contributed by atoms with van der Waals surface area (Å²) in [6.07, 6.45) is 1.63. The highest BCUT2D eigenvalue weighted by Crippen LogP contribution is 2.21. The topological polar surface area (TPSA) is 64.0 Å². The number of aromatic nitrogens is 2. The van der Waals surface area contributed by atoms with Crippen LogP contribution in [0.25, 0.3) is 10.2 Å². The van der Waals surface area contributed by atoms with Gasteiger partial charge in [-0.05, 0) is 36.8 Å². The fourth-order valence-corrected chi connectivity index (χ4v) is 4.28. The molecule has 3 rings (SSSR count). The van der Waals surface area contributed by atoms with Crippen LogP contribution in [0.15, 0.2) is 51.7 Å². The van der Waals surface area contributed by atoms with E-state index in [4.69, 9.17) is 0 Å². The van der Waals surface area contributed by atoms with Gasteiger partial charge in [0.2, 0.25) is 5.91 Å². The lowest BCUT2D eigenvalue weighted by molar-refractivity contribution is -0.119. The smallest absolute Gasteiger partial charge is 0.272 e. The highest BCUT2D eigenvalue weighted by molar-refractivity contribution is 7.99. The lowest BCUT2D eigenvalue weighted by Crippen LogP contribution is -2.33. The molecule has 3 aromatic rings. The van der Waals surface area contributed by atoms with Crippen molar-refractivity contribution in [1.29, 1.82) is 0 Å². The van der Waals surface area contributed by atoms with E-state index in [1.807, 2.05) is 43.5 Å². The minimum absolute atomic E-state index is 0.0317. The number of amides is 1. The Morgan fingerprint density at radius 2 is 2.07 bits per heavy atom. The summed E-state index contributed by atoms with van der Waals surface area (Å²) in [7, 11) is 0. The molecule has 2 aromatic heterocycles. The molecule has 0 aliphatic heterocycles. The van der Waals surface area contributed by atoms with E-state index in [9.17, 15) is 9.59 Å². The van der Waals surface area contributed by atoms with E-state index >= 15 is 0 Å². The van der Waals surface area contributed by atoms with Crippen LogP contribution in [-0.4, -0.2) is 27.3 Å². The molecule has 1 amide bonds. The van der Waals surface area contributed by atoms with E-state index < -0.39 is 0 Å². The van der Waals surface area contributed by atoms with Gasteiger partial charge in [0.05, 0.1) is 11.3 Å². The Morgan fingerprint density at radius 3 is 2.81 bits per heavy atom. The summed E-state index contributed by atoms with van der Waals surface area (Å²) in [6, 6.07) is 12.1. The maximum atomic E-state index is 12.9. The normalized spacial score (nSPS) is 12.2. The number of benzene rings is 1. The van der Waals surface area contributed by atoms with Crippen LogP contribution >= 0.6 is 23.1 Å². The van der Waals surface area contributed by atoms with Gasteiger partial charge in [0.15, 0.2) is 5.16 Å². The number of nitrogens with one attached hydrogen (secondary N) is 1. The van der Waals surface area contributed by atoms with Gasteiger partial charge in [-0.2, -0.15) is 0 Å². The Morgan fingerprint density at radius 1 is 1.30 bits per heavy atom. The molecule has 0 fully saturated rings. The zero-order valence-electron chi connectivity index (χ0n) is 15.5. The number of nitrogens with zero attached hydrogens (tertiary/aromatic N) is 2. The van der Waals surface area contributed by atoms with Crippen LogP contribution in [0, 0.1) is 0 Å². The molecular formula is C20H23N3O2S2. The van der Waals surface area contributed by atoms with Crippen molar-refractivity contribution in [2.75, 3.05) is 5.75 Å². The number of rotatable bonds is 8. The van der Waals surface area contributed by atoms with E-state index in [1.54, 1.807) is 4.57 Å². The highest BCUT2D eigenvalue weighted by Gasteiger charge is 2.15. The minimum atomic E-state index is -0.0383. The number of carbonyl (C=O) groups is 1. The van der Waals surface area contributed by atoms with Crippen LogP contribution in [0.1, 0.15) is 25.8 Å². The summed E-state index contributed by atoms with van der Waals surface area (Å²) in [5.41, 5.74) is 1.84. The maximum absolute atomic E-state index is 12.9. The van der Waals surface area contributed by atoms with E-state index in [0.29, 0.717) is 21.9 Å². The van der Waals surface area contributed by atoms with Crippen LogP contribution in [0.5, 0.6) is 0 Å². The molecule has 0 unspecified atom stereocenters. The molecule has 0 bridgehead atoms. The van der Waals surface area contributed by atoms with Gasteiger partial charge in [0, 0.05) is 12.6 Å². The van der Waals surface area contributed by atoms with E-state index in [1.165, 1.54) is 28.7 Å². The number of thiophene rings is 1. The zero-order valence-corrected chi connectivity index (χ0v) is 17.1. The molecule has 0 spiro atoms. The number of aryl methyl sites for hydroxylation is 1. The van der Waals surface area contributed by atoms with Crippen molar-refractivity contribution in [3.8, 4) is 0 Å². The molecule has 2 heterocycles. The molecule has 142 valence electrons. The van der Waals surface area contributed by atoms with Gasteiger partial charge in [-0.3, -0.25) is 14.2 Å². The fourth-order valence-electron chi connectivity index (χ4n) is 2.67. The monoisotopic (exact) mass is 401 g/mol. The summed E-state index contributed by atoms with van der Waals surface area (Å²) in [5.74, 6) is 0.209. The van der Waals surface area contributed by atoms with Gasteiger partial charge in [-0.15, -0.1) is 11.3 Å². The average Bonchev–Trinajstić information content (AvgIpc) is 3.15. The average molecular weight is 402 g/mol. The second kappa shape index (κ2) is 9.19. The minimum Gasteiger partial charge on any atom is -0.353 e. The largest absolute Gasteiger partial charge is 0.353 e. The molecule has 0 saturated heterocycles. The van der Waals surface area contributed by atoms with Gasteiger partial charge in [-0.1, -0.05) is 49.0 Å². The van der Waals surface area contributed by atoms with Gasteiger partial charge in [0.25, 0.3) is 5.56 Å². The van der Waals surface area contributed by atoms with Gasteiger partial charge in [0.1, 0.15) is 4.70 Å². The number of fused-ring (bicyclic) bond motifs is 1. The molecular weight excluding hydrogens is 378 g/mol. The van der Waals surface area contributed by atoms with Gasteiger partial charge in [-0.25, -0.2) is 4.98 Å². The van der Waals surface area contributed by atoms with Crippen molar-refractivity contribution < 1.29 is 4.79 Å². The van der Waals surface area contributed by atoms with Crippen molar-refractivity contribution in [3.63, 3.8) is 0 Å². The molecule has 1 atom stereocenters. The third kappa shape index (κ3) is 4.99. The number of carbonyl (C=O) groups excluding carboxylic acids is 1. The van der Waals surface area contributed by atoms with Crippen LogP contribution in [0.4, 0.5) is 0 Å². The first-order valence-electron chi connectivity index (χ1n) is 9.02. The second-order valence-corrected chi connectivity index (χ2v) is 8.25. The van der Waals surface area contributed by atoms with Crippen molar-refractivity contribution in [1.82, 2.24) is 14.9 Å². The summed E-state index contributed by atoms with van der Waals surface area (Å²) in [6.45, 7) is 4.55. The second-order valence-electron chi connectivity index (χ2n) is 6.39.